The second-order valence-electron chi connectivity index (χ2n) is 3.25. The molecule has 0 saturated heterocycles. The zero-order valence-corrected chi connectivity index (χ0v) is 10.5. The zero-order chi connectivity index (χ0) is 12.5. The van der Waals surface area contributed by atoms with Crippen LogP contribution < -0.4 is 11.1 Å². The first-order valence-corrected chi connectivity index (χ1v) is 6.33. The van der Waals surface area contributed by atoms with Crippen LogP contribution in [0.2, 0.25) is 0 Å². The number of hydrogen-bond acceptors (Lipinski definition) is 6. The van der Waals surface area contributed by atoms with Gasteiger partial charge in [0, 0.05) is 19.9 Å². The van der Waals surface area contributed by atoms with Gasteiger partial charge in [0.15, 0.2) is 0 Å². The fourth-order valence-corrected chi connectivity index (χ4v) is 1.82. The van der Waals surface area contributed by atoms with E-state index < -0.39 is 0 Å². The maximum Gasteiger partial charge on any atom is 0.235 e. The lowest BCUT2D eigenvalue weighted by atomic mass is 10.5. The number of anilines is 2. The van der Waals surface area contributed by atoms with Crippen LogP contribution in [0.5, 0.6) is 0 Å². The minimum absolute atomic E-state index is 0.0921. The Morgan fingerprint density at radius 2 is 2.47 bits per heavy atom. The number of methoxy groups -OCH3 is 1. The number of nitrogens with two attached hydrogens (primary N) is 1. The quantitative estimate of drug-likeness (QED) is 0.700. The topological polar surface area (TPSA) is 90.1 Å². The van der Waals surface area contributed by atoms with Crippen LogP contribution in [-0.4, -0.2) is 41.1 Å². The highest BCUT2D eigenvalue weighted by atomic mass is 32.2. The molecule has 0 aromatic carbocycles. The number of ether oxygens (including phenoxy) is 1. The predicted octanol–water partition coefficient (Wildman–Crippen LogP) is 0.767. The molecule has 0 fully saturated rings. The van der Waals surface area contributed by atoms with Crippen LogP contribution in [0.25, 0.3) is 0 Å². The van der Waals surface area contributed by atoms with Crippen molar-refractivity contribution in [1.29, 1.82) is 0 Å². The fraction of sp³-hybridized carbons (Fsp3) is 0.500. The van der Waals surface area contributed by atoms with Gasteiger partial charge in [0.05, 0.1) is 5.75 Å². The van der Waals surface area contributed by atoms with E-state index in [1.807, 2.05) is 0 Å². The van der Waals surface area contributed by atoms with Crippen LogP contribution in [0, 0.1) is 0 Å². The number of rotatable bonds is 7. The van der Waals surface area contributed by atoms with Crippen molar-refractivity contribution in [2.24, 2.45) is 0 Å². The first-order valence-electron chi connectivity index (χ1n) is 5.17. The molecule has 0 radical (unpaired) electrons. The minimum atomic E-state index is -0.0921. The van der Waals surface area contributed by atoms with E-state index in [9.17, 15) is 4.79 Å². The van der Waals surface area contributed by atoms with Gasteiger partial charge in [-0.15, -0.1) is 0 Å². The Bertz CT molecular complexity index is 362. The number of amides is 1. The summed E-state index contributed by atoms with van der Waals surface area (Å²) in [7, 11) is 1.66. The molecule has 17 heavy (non-hydrogen) atoms. The summed E-state index contributed by atoms with van der Waals surface area (Å²) in [5, 5.41) is 2.65. The highest BCUT2D eigenvalue weighted by Gasteiger charge is 2.03. The van der Waals surface area contributed by atoms with E-state index in [0.29, 0.717) is 11.6 Å². The van der Waals surface area contributed by atoms with E-state index in [-0.39, 0.29) is 11.9 Å². The summed E-state index contributed by atoms with van der Waals surface area (Å²) >= 11 is 1.56. The third kappa shape index (κ3) is 6.08. The van der Waals surface area contributed by atoms with Crippen LogP contribution in [0.3, 0.4) is 0 Å². The van der Waals surface area contributed by atoms with E-state index in [1.165, 1.54) is 6.20 Å². The van der Waals surface area contributed by atoms with Gasteiger partial charge in [-0.2, -0.15) is 16.7 Å². The number of carbonyl (C=O) groups is 1. The van der Waals surface area contributed by atoms with Crippen LogP contribution in [0.15, 0.2) is 12.3 Å². The molecule has 1 rings (SSSR count). The normalized spacial score (nSPS) is 10.2. The number of carbonyl (C=O) groups excluding carboxylic acids is 1. The van der Waals surface area contributed by atoms with Gasteiger partial charge in [0.1, 0.15) is 5.82 Å². The summed E-state index contributed by atoms with van der Waals surface area (Å²) < 4.78 is 4.91. The molecule has 94 valence electrons. The third-order valence-corrected chi connectivity index (χ3v) is 2.86. The summed E-state index contributed by atoms with van der Waals surface area (Å²) in [6, 6.07) is 1.60. The molecule has 0 spiro atoms. The Hall–Kier alpha value is -1.34. The lowest BCUT2D eigenvalue weighted by Crippen LogP contribution is -2.16. The average molecular weight is 256 g/mol. The maximum absolute atomic E-state index is 11.5. The molecule has 0 unspecified atom stereocenters. The molecule has 6 nitrogen and oxygen atoms in total. The van der Waals surface area contributed by atoms with Crippen LogP contribution >= 0.6 is 11.8 Å². The van der Waals surface area contributed by atoms with E-state index in [1.54, 1.807) is 24.9 Å². The Morgan fingerprint density at radius 3 is 3.18 bits per heavy atom. The Kier molecular flexibility index (Phi) is 6.34. The minimum Gasteiger partial charge on any atom is -0.385 e. The molecule has 3 N–H and O–H groups in total. The number of nitrogens with zero attached hydrogens (tertiary/aromatic N) is 2. The summed E-state index contributed by atoms with van der Waals surface area (Å²) in [6.45, 7) is 0.719. The molecule has 0 aliphatic carbocycles. The van der Waals surface area contributed by atoms with Crippen molar-refractivity contribution < 1.29 is 9.53 Å². The molecular weight excluding hydrogens is 240 g/mol. The van der Waals surface area contributed by atoms with E-state index >= 15 is 0 Å². The van der Waals surface area contributed by atoms with Gasteiger partial charge >= 0.3 is 0 Å². The number of nitrogens with one attached hydrogen (secondary N) is 1. The van der Waals surface area contributed by atoms with Gasteiger partial charge in [-0.05, 0) is 18.2 Å². The van der Waals surface area contributed by atoms with Crippen LogP contribution in [0.4, 0.5) is 11.8 Å². The first kappa shape index (κ1) is 13.7. The fourth-order valence-electron chi connectivity index (χ4n) is 1.09. The third-order valence-electron chi connectivity index (χ3n) is 1.81. The summed E-state index contributed by atoms with van der Waals surface area (Å²) in [4.78, 5) is 19.1. The molecule has 1 heterocycles. The van der Waals surface area contributed by atoms with Gasteiger partial charge in [0.2, 0.25) is 11.9 Å². The standard InChI is InChI=1S/C10H16N4O2S/c1-16-5-2-6-17-7-9(15)13-8-3-4-12-10(11)14-8/h3-4H,2,5-7H2,1H3,(H3,11,12,13,14,15). The Morgan fingerprint density at radius 1 is 1.65 bits per heavy atom. The molecule has 0 aliphatic rings. The van der Waals surface area contributed by atoms with Crippen molar-refractivity contribution >= 4 is 29.4 Å². The summed E-state index contributed by atoms with van der Waals surface area (Å²) in [5.41, 5.74) is 5.40. The van der Waals surface area contributed by atoms with E-state index in [2.05, 4.69) is 15.3 Å². The first-order chi connectivity index (χ1) is 8.22. The van der Waals surface area contributed by atoms with Crippen molar-refractivity contribution in [3.8, 4) is 0 Å². The van der Waals surface area contributed by atoms with Crippen molar-refractivity contribution in [2.45, 2.75) is 6.42 Å². The predicted molar refractivity (Wildman–Crippen MR) is 68.9 cm³/mol. The van der Waals surface area contributed by atoms with Crippen molar-refractivity contribution in [3.05, 3.63) is 12.3 Å². The Labute approximate surface area is 104 Å². The monoisotopic (exact) mass is 256 g/mol. The second-order valence-corrected chi connectivity index (χ2v) is 4.35. The van der Waals surface area contributed by atoms with Crippen molar-refractivity contribution in [1.82, 2.24) is 9.97 Å². The van der Waals surface area contributed by atoms with E-state index in [4.69, 9.17) is 10.5 Å². The number of thioether (sulfide) groups is 1. The molecule has 1 aromatic heterocycles. The van der Waals surface area contributed by atoms with Gasteiger partial charge in [-0.1, -0.05) is 0 Å². The highest BCUT2D eigenvalue weighted by molar-refractivity contribution is 7.99. The van der Waals surface area contributed by atoms with Gasteiger partial charge in [-0.3, -0.25) is 4.79 Å². The van der Waals surface area contributed by atoms with Crippen LogP contribution in [0.1, 0.15) is 6.42 Å². The van der Waals surface area contributed by atoms with Gasteiger partial charge in [0.25, 0.3) is 0 Å². The number of nitrogen functional groups attached to an aromatic ring is 1. The lowest BCUT2D eigenvalue weighted by Gasteiger charge is -2.04. The smallest absolute Gasteiger partial charge is 0.235 e. The largest absolute Gasteiger partial charge is 0.385 e. The lowest BCUT2D eigenvalue weighted by molar-refractivity contribution is -0.113. The molecule has 0 atom stereocenters. The zero-order valence-electron chi connectivity index (χ0n) is 9.68. The molecule has 0 aliphatic heterocycles. The SMILES string of the molecule is COCCCSCC(=O)Nc1ccnc(N)n1. The Balaban J connectivity index is 2.21. The second kappa shape index (κ2) is 7.86. The number of hydrogen-bond donors (Lipinski definition) is 2. The van der Waals surface area contributed by atoms with Gasteiger partial charge < -0.3 is 15.8 Å². The summed E-state index contributed by atoms with van der Waals surface area (Å²) in [5.74, 6) is 1.78. The molecule has 1 aromatic rings. The van der Waals surface area contributed by atoms with Crippen molar-refractivity contribution in [3.63, 3.8) is 0 Å². The van der Waals surface area contributed by atoms with E-state index in [0.717, 1.165) is 18.8 Å². The molecule has 7 heteroatoms. The molecular formula is C10H16N4O2S. The molecule has 0 saturated carbocycles. The van der Waals surface area contributed by atoms with Gasteiger partial charge in [-0.25, -0.2) is 4.98 Å². The molecule has 0 bridgehead atoms. The summed E-state index contributed by atoms with van der Waals surface area (Å²) in [6.07, 6.45) is 2.44. The highest BCUT2D eigenvalue weighted by Crippen LogP contribution is 2.06. The average Bonchev–Trinajstić information content (AvgIpc) is 2.29. The maximum atomic E-state index is 11.5. The van der Waals surface area contributed by atoms with Crippen LogP contribution in [-0.2, 0) is 9.53 Å². The number of aromatic nitrogens is 2. The van der Waals surface area contributed by atoms with Crippen molar-refractivity contribution in [2.75, 3.05) is 36.3 Å². The molecule has 1 amide bonds.